The Hall–Kier alpha value is -3.35. The maximum atomic E-state index is 12.9. The average molecular weight is 424 g/mol. The zero-order valence-electron chi connectivity index (χ0n) is 18.1. The molecule has 1 aliphatic rings. The minimum absolute atomic E-state index is 0.0426. The molecule has 0 unspecified atom stereocenters. The molecule has 0 spiro atoms. The summed E-state index contributed by atoms with van der Waals surface area (Å²) in [6, 6.07) is 13.5. The van der Waals surface area contributed by atoms with E-state index in [1.165, 1.54) is 10.6 Å². The molecule has 1 heterocycles. The van der Waals surface area contributed by atoms with Gasteiger partial charge in [0, 0.05) is 30.9 Å². The lowest BCUT2D eigenvalue weighted by Gasteiger charge is -2.22. The molecule has 1 aliphatic heterocycles. The van der Waals surface area contributed by atoms with Gasteiger partial charge in [-0.1, -0.05) is 31.2 Å². The second kappa shape index (κ2) is 10.1. The van der Waals surface area contributed by atoms with Crippen LogP contribution >= 0.6 is 0 Å². The molecular formula is C24H28N2O5. The molecule has 3 rings (SSSR count). The van der Waals surface area contributed by atoms with Gasteiger partial charge in [-0.2, -0.15) is 5.10 Å². The number of amides is 1. The lowest BCUT2D eigenvalue weighted by molar-refractivity contribution is -0.137. The van der Waals surface area contributed by atoms with Crippen molar-refractivity contribution in [2.45, 2.75) is 45.1 Å². The Morgan fingerprint density at radius 2 is 1.71 bits per heavy atom. The highest BCUT2D eigenvalue weighted by Gasteiger charge is 2.33. The quantitative estimate of drug-likeness (QED) is 0.652. The molecule has 7 nitrogen and oxygen atoms in total. The van der Waals surface area contributed by atoms with Crippen LogP contribution in [0.4, 0.5) is 0 Å². The van der Waals surface area contributed by atoms with E-state index in [0.717, 1.165) is 23.3 Å². The predicted octanol–water partition coefficient (Wildman–Crippen LogP) is 4.20. The molecule has 0 bridgehead atoms. The molecule has 31 heavy (non-hydrogen) atoms. The molecular weight excluding hydrogens is 396 g/mol. The maximum absolute atomic E-state index is 12.9. The summed E-state index contributed by atoms with van der Waals surface area (Å²) in [6.07, 6.45) is 1.86. The van der Waals surface area contributed by atoms with Crippen molar-refractivity contribution in [1.29, 1.82) is 0 Å². The second-order valence-corrected chi connectivity index (χ2v) is 7.45. The molecule has 1 amide bonds. The average Bonchev–Trinajstić information content (AvgIpc) is 3.24. The van der Waals surface area contributed by atoms with Crippen LogP contribution in [0.1, 0.15) is 55.3 Å². The number of methoxy groups -OCH3 is 2. The molecule has 1 atom stereocenters. The number of hydrogen-bond donors (Lipinski definition) is 1. The van der Waals surface area contributed by atoms with E-state index in [1.807, 2.05) is 24.3 Å². The Labute approximate surface area is 182 Å². The van der Waals surface area contributed by atoms with Crippen LogP contribution in [0.2, 0.25) is 0 Å². The van der Waals surface area contributed by atoms with E-state index < -0.39 is 5.97 Å². The molecule has 0 saturated heterocycles. The van der Waals surface area contributed by atoms with E-state index in [0.29, 0.717) is 17.9 Å². The fourth-order valence-electron chi connectivity index (χ4n) is 3.63. The standard InChI is InChI=1S/C24H28N2O5/c1-4-16-8-10-17(11-9-16)22-15-21(18-12-19(30-2)14-20(13-18)31-3)25-26(22)23(27)6-5-7-24(28)29/h8-14,22H,4-7,15H2,1-3H3,(H,28,29)/t22-/m1/s1. The smallest absolute Gasteiger partial charge is 0.303 e. The van der Waals surface area contributed by atoms with E-state index in [-0.39, 0.29) is 31.2 Å². The van der Waals surface area contributed by atoms with Gasteiger partial charge in [0.1, 0.15) is 11.5 Å². The molecule has 2 aromatic rings. The van der Waals surface area contributed by atoms with Crippen molar-refractivity contribution in [2.75, 3.05) is 14.2 Å². The minimum Gasteiger partial charge on any atom is -0.497 e. The first-order valence-corrected chi connectivity index (χ1v) is 10.4. The fourth-order valence-corrected chi connectivity index (χ4v) is 3.63. The van der Waals surface area contributed by atoms with Gasteiger partial charge in [-0.05, 0) is 36.1 Å². The fraction of sp³-hybridized carbons (Fsp3) is 0.375. The van der Waals surface area contributed by atoms with Crippen molar-refractivity contribution in [3.63, 3.8) is 0 Å². The van der Waals surface area contributed by atoms with Crippen LogP contribution in [0.3, 0.4) is 0 Å². The second-order valence-electron chi connectivity index (χ2n) is 7.45. The Kier molecular flexibility index (Phi) is 7.28. The number of carbonyl (C=O) groups is 2. The van der Waals surface area contributed by atoms with E-state index in [9.17, 15) is 9.59 Å². The number of ether oxygens (including phenoxy) is 2. The number of aryl methyl sites for hydroxylation is 1. The molecule has 7 heteroatoms. The van der Waals surface area contributed by atoms with Gasteiger partial charge in [-0.25, -0.2) is 5.01 Å². The summed E-state index contributed by atoms with van der Waals surface area (Å²) < 4.78 is 10.7. The Morgan fingerprint density at radius 1 is 1.06 bits per heavy atom. The van der Waals surface area contributed by atoms with Crippen LogP contribution in [0.15, 0.2) is 47.6 Å². The maximum Gasteiger partial charge on any atom is 0.303 e. The van der Waals surface area contributed by atoms with Gasteiger partial charge in [0.2, 0.25) is 5.91 Å². The number of aliphatic carboxylic acids is 1. The number of rotatable bonds is 9. The first-order chi connectivity index (χ1) is 14.9. The van der Waals surface area contributed by atoms with Gasteiger partial charge < -0.3 is 14.6 Å². The third kappa shape index (κ3) is 5.42. The lowest BCUT2D eigenvalue weighted by Crippen LogP contribution is -2.27. The molecule has 0 aromatic heterocycles. The third-order valence-electron chi connectivity index (χ3n) is 5.40. The molecule has 0 radical (unpaired) electrons. The lowest BCUT2D eigenvalue weighted by atomic mass is 9.97. The van der Waals surface area contributed by atoms with Gasteiger partial charge >= 0.3 is 5.97 Å². The summed E-state index contributed by atoms with van der Waals surface area (Å²) in [5.41, 5.74) is 3.80. The number of benzene rings is 2. The third-order valence-corrected chi connectivity index (χ3v) is 5.40. The number of nitrogens with zero attached hydrogens (tertiary/aromatic N) is 2. The zero-order valence-corrected chi connectivity index (χ0v) is 18.1. The summed E-state index contributed by atoms with van der Waals surface area (Å²) in [6.45, 7) is 2.10. The van der Waals surface area contributed by atoms with Crippen molar-refractivity contribution < 1.29 is 24.2 Å². The van der Waals surface area contributed by atoms with Crippen molar-refractivity contribution in [3.8, 4) is 11.5 Å². The molecule has 2 aromatic carbocycles. The minimum atomic E-state index is -0.909. The van der Waals surface area contributed by atoms with E-state index in [4.69, 9.17) is 14.6 Å². The zero-order chi connectivity index (χ0) is 22.4. The van der Waals surface area contributed by atoms with Crippen molar-refractivity contribution >= 4 is 17.6 Å². The number of carboxylic acid groups (broad SMARTS) is 1. The van der Waals surface area contributed by atoms with Crippen LogP contribution in [-0.4, -0.2) is 41.9 Å². The van der Waals surface area contributed by atoms with Crippen LogP contribution in [-0.2, 0) is 16.0 Å². The van der Waals surface area contributed by atoms with Gasteiger partial charge in [0.15, 0.2) is 0 Å². The van der Waals surface area contributed by atoms with Crippen LogP contribution in [0.25, 0.3) is 0 Å². The molecule has 0 aliphatic carbocycles. The number of carbonyl (C=O) groups excluding carboxylic acids is 1. The SMILES string of the molecule is CCc1ccc([C@H]2CC(c3cc(OC)cc(OC)c3)=NN2C(=O)CCCC(=O)O)cc1. The Morgan fingerprint density at radius 3 is 2.26 bits per heavy atom. The van der Waals surface area contributed by atoms with Crippen molar-refractivity contribution in [1.82, 2.24) is 5.01 Å². The van der Waals surface area contributed by atoms with E-state index in [1.54, 1.807) is 20.3 Å². The Bertz CT molecular complexity index is 946. The largest absolute Gasteiger partial charge is 0.497 e. The van der Waals surface area contributed by atoms with Gasteiger partial charge in [-0.3, -0.25) is 9.59 Å². The molecule has 164 valence electrons. The summed E-state index contributed by atoms with van der Waals surface area (Å²) in [5, 5.41) is 15.0. The molecule has 1 N–H and O–H groups in total. The number of carboxylic acids is 1. The summed E-state index contributed by atoms with van der Waals surface area (Å²) in [7, 11) is 3.18. The highest BCUT2D eigenvalue weighted by atomic mass is 16.5. The van der Waals surface area contributed by atoms with E-state index in [2.05, 4.69) is 24.2 Å². The highest BCUT2D eigenvalue weighted by molar-refractivity contribution is 6.03. The van der Waals surface area contributed by atoms with Crippen LogP contribution < -0.4 is 9.47 Å². The number of hydrazone groups is 1. The topological polar surface area (TPSA) is 88.4 Å². The first-order valence-electron chi connectivity index (χ1n) is 10.4. The highest BCUT2D eigenvalue weighted by Crippen LogP contribution is 2.35. The van der Waals surface area contributed by atoms with E-state index >= 15 is 0 Å². The van der Waals surface area contributed by atoms with Gasteiger partial charge in [-0.15, -0.1) is 0 Å². The predicted molar refractivity (Wildman–Crippen MR) is 118 cm³/mol. The summed E-state index contributed by atoms with van der Waals surface area (Å²) in [4.78, 5) is 23.8. The van der Waals surface area contributed by atoms with Crippen LogP contribution in [0, 0.1) is 0 Å². The molecule has 0 saturated carbocycles. The van der Waals surface area contributed by atoms with Crippen molar-refractivity contribution in [3.05, 3.63) is 59.2 Å². The summed E-state index contributed by atoms with van der Waals surface area (Å²) in [5.74, 6) is 0.198. The first kappa shape index (κ1) is 22.3. The van der Waals surface area contributed by atoms with Crippen molar-refractivity contribution in [2.24, 2.45) is 5.10 Å². The Balaban J connectivity index is 1.92. The summed E-state index contributed by atoms with van der Waals surface area (Å²) >= 11 is 0. The number of hydrogen-bond acceptors (Lipinski definition) is 5. The normalized spacial score (nSPS) is 15.5. The van der Waals surface area contributed by atoms with Crippen LogP contribution in [0.5, 0.6) is 11.5 Å². The van der Waals surface area contributed by atoms with Gasteiger partial charge in [0.25, 0.3) is 0 Å². The monoisotopic (exact) mass is 424 g/mol. The van der Waals surface area contributed by atoms with Gasteiger partial charge in [0.05, 0.1) is 26.0 Å². The molecule has 0 fully saturated rings.